The minimum absolute atomic E-state index is 0.930. The Labute approximate surface area is 186 Å². The highest BCUT2D eigenvalue weighted by molar-refractivity contribution is 8.02. The molecule has 3 rings (SSSR count). The average molecular weight is 499 g/mol. The Kier molecular flexibility index (Phi) is 7.78. The standard InChI is InChI=1S/C14H10S10/c15-9-11(23-13(17)21-9)19-5-7-3-1-2-4-8(7)6-20-12-10(16)22-14(18)24-12/h1-4,15-16H,5-6H2. The molecule has 0 atom stereocenters. The van der Waals surface area contributed by atoms with Gasteiger partial charge in [-0.3, -0.25) is 0 Å². The molecular formula is C14H10S10. The zero-order valence-electron chi connectivity index (χ0n) is 11.9. The Hall–Kier alpha value is 1.16. The van der Waals surface area contributed by atoms with Crippen LogP contribution in [0, 0.1) is 6.28 Å². The Balaban J connectivity index is 1.70. The second-order valence-corrected chi connectivity index (χ2v) is 14.9. The van der Waals surface area contributed by atoms with E-state index in [4.69, 9.17) is 24.4 Å². The third-order valence-electron chi connectivity index (χ3n) is 2.90. The minimum atomic E-state index is 0.930. The molecule has 1 aromatic carbocycles. The van der Waals surface area contributed by atoms with E-state index in [0.717, 1.165) is 26.2 Å². The zero-order valence-corrected chi connectivity index (χ0v) is 20.2. The number of hydrogen-bond acceptors (Lipinski definition) is 10. The summed E-state index contributed by atoms with van der Waals surface area (Å²) in [7, 11) is 0. The number of thiol groups is 2. The molecule has 0 fully saturated rings. The van der Waals surface area contributed by atoms with Crippen LogP contribution in [-0.4, -0.2) is 0 Å². The molecule has 0 aliphatic carbocycles. The van der Waals surface area contributed by atoms with Crippen LogP contribution in [0.2, 0.25) is 0 Å². The highest BCUT2D eigenvalue weighted by Crippen LogP contribution is 2.40. The third kappa shape index (κ3) is 5.34. The highest BCUT2D eigenvalue weighted by Gasteiger charge is 2.10. The Morgan fingerprint density at radius 3 is 1.50 bits per heavy atom. The smallest absolute Gasteiger partial charge is 0.131 e. The summed E-state index contributed by atoms with van der Waals surface area (Å²) in [6.45, 7) is 0. The van der Waals surface area contributed by atoms with E-state index in [1.807, 2.05) is 23.5 Å². The van der Waals surface area contributed by atoms with Crippen LogP contribution in [0.4, 0.5) is 0 Å². The molecule has 0 saturated heterocycles. The fraction of sp³-hybridized carbons (Fsp3) is 0.143. The molecule has 0 nitrogen and oxygen atoms in total. The molecule has 0 aliphatic rings. The lowest BCUT2D eigenvalue weighted by atomic mass is 10.1. The fourth-order valence-electron chi connectivity index (χ4n) is 1.83. The van der Waals surface area contributed by atoms with Crippen molar-refractivity contribution in [3.63, 3.8) is 0 Å². The van der Waals surface area contributed by atoms with Crippen molar-refractivity contribution < 1.29 is 0 Å². The van der Waals surface area contributed by atoms with Crippen LogP contribution in [0.5, 0.6) is 0 Å². The lowest BCUT2D eigenvalue weighted by Gasteiger charge is -2.08. The molecule has 126 valence electrons. The molecular weight excluding hydrogens is 489 g/mol. The van der Waals surface area contributed by atoms with Crippen molar-refractivity contribution in [2.24, 2.45) is 0 Å². The van der Waals surface area contributed by atoms with Gasteiger partial charge in [-0.25, -0.2) is 0 Å². The zero-order chi connectivity index (χ0) is 17.1. The van der Waals surface area contributed by atoms with Crippen molar-refractivity contribution in [1.82, 2.24) is 0 Å². The maximum Gasteiger partial charge on any atom is 0.145 e. The molecule has 2 heterocycles. The minimum Gasteiger partial charge on any atom is -0.131 e. The van der Waals surface area contributed by atoms with E-state index in [1.54, 1.807) is 45.3 Å². The summed E-state index contributed by atoms with van der Waals surface area (Å²) in [6, 6.07) is 8.59. The molecule has 0 spiro atoms. The largest absolute Gasteiger partial charge is 0.145 e. The van der Waals surface area contributed by atoms with Crippen molar-refractivity contribution in [2.45, 2.75) is 28.3 Å². The van der Waals surface area contributed by atoms with Gasteiger partial charge in [0.1, 0.15) is 6.28 Å². The first-order chi connectivity index (χ1) is 11.5. The van der Waals surface area contributed by atoms with Crippen molar-refractivity contribution in [3.05, 3.63) is 41.7 Å². The normalized spacial score (nSPS) is 11.1. The summed E-state index contributed by atoms with van der Waals surface area (Å²) < 4.78 is 6.35. The summed E-state index contributed by atoms with van der Waals surface area (Å²) >= 11 is 29.6. The molecule has 10 heteroatoms. The van der Waals surface area contributed by atoms with Gasteiger partial charge in [0, 0.05) is 11.5 Å². The van der Waals surface area contributed by atoms with E-state index in [9.17, 15) is 0 Å². The van der Waals surface area contributed by atoms with Crippen LogP contribution in [0.1, 0.15) is 11.1 Å². The van der Waals surface area contributed by atoms with E-state index in [-0.39, 0.29) is 0 Å². The van der Waals surface area contributed by atoms with Crippen LogP contribution in [0.25, 0.3) is 0 Å². The number of benzene rings is 1. The van der Waals surface area contributed by atoms with Gasteiger partial charge in [-0.15, -0.1) is 94.1 Å². The van der Waals surface area contributed by atoms with E-state index in [2.05, 4.69) is 49.5 Å². The fourth-order valence-corrected chi connectivity index (χ4v) is 11.5. The predicted molar refractivity (Wildman–Crippen MR) is 126 cm³/mol. The Morgan fingerprint density at radius 1 is 0.750 bits per heavy atom. The van der Waals surface area contributed by atoms with Gasteiger partial charge in [-0.1, -0.05) is 48.7 Å². The molecule has 0 unspecified atom stereocenters. The summed E-state index contributed by atoms with van der Waals surface area (Å²) in [5.41, 5.74) is 2.71. The lowest BCUT2D eigenvalue weighted by molar-refractivity contribution is 1.27. The van der Waals surface area contributed by atoms with E-state index < -0.39 is 0 Å². The van der Waals surface area contributed by atoms with Crippen LogP contribution in [0.3, 0.4) is 0 Å². The highest BCUT2D eigenvalue weighted by atomic mass is 32.2. The second kappa shape index (κ2) is 9.38. The average Bonchev–Trinajstić information content (AvgIpc) is 3.04. The van der Waals surface area contributed by atoms with Crippen LogP contribution >= 0.6 is 119 Å². The number of hydrogen-bond donors (Lipinski definition) is 2. The second-order valence-electron chi connectivity index (χ2n) is 4.44. The number of thioether (sulfide) groups is 2. The van der Waals surface area contributed by atoms with Gasteiger partial charge >= 0.3 is 0 Å². The van der Waals surface area contributed by atoms with Crippen molar-refractivity contribution >= 4 is 119 Å². The van der Waals surface area contributed by atoms with Gasteiger partial charge in [0.25, 0.3) is 0 Å². The van der Waals surface area contributed by atoms with Crippen molar-refractivity contribution in [2.75, 3.05) is 0 Å². The maximum absolute atomic E-state index is 5.24. The molecule has 0 radical (unpaired) electrons. The van der Waals surface area contributed by atoms with Gasteiger partial charge in [0.2, 0.25) is 0 Å². The van der Waals surface area contributed by atoms with E-state index >= 15 is 0 Å². The summed E-state index contributed by atoms with van der Waals surface area (Å²) in [4.78, 5) is 0. The summed E-state index contributed by atoms with van der Waals surface area (Å²) in [5.74, 6) is 1.86. The van der Waals surface area contributed by atoms with Gasteiger partial charge in [0.15, 0.2) is 0 Å². The molecule has 3 aromatic rings. The van der Waals surface area contributed by atoms with Crippen molar-refractivity contribution in [1.29, 1.82) is 0 Å². The Morgan fingerprint density at radius 2 is 1.17 bits per heavy atom. The first-order valence-electron chi connectivity index (χ1n) is 6.51. The molecule has 0 amide bonds. The van der Waals surface area contributed by atoms with Crippen LogP contribution in [-0.2, 0) is 11.5 Å². The predicted octanol–water partition coefficient (Wildman–Crippen LogP) is 8.55. The maximum atomic E-state index is 5.24. The molecule has 2 aromatic heterocycles. The monoisotopic (exact) mass is 498 g/mol. The topological polar surface area (TPSA) is 0 Å². The molecule has 0 bridgehead atoms. The molecule has 0 saturated carbocycles. The van der Waals surface area contributed by atoms with Gasteiger partial charge in [0.05, 0.1) is 16.8 Å². The van der Waals surface area contributed by atoms with Gasteiger partial charge in [-0.05, 0) is 11.1 Å². The third-order valence-corrected chi connectivity index (χ3v) is 12.3. The van der Waals surface area contributed by atoms with Crippen LogP contribution < -0.4 is 0 Å². The van der Waals surface area contributed by atoms with Gasteiger partial charge in [-0.2, -0.15) is 0 Å². The summed E-state index contributed by atoms with van der Waals surface area (Å²) in [6.07, 6.45) is 0. The van der Waals surface area contributed by atoms with Crippen molar-refractivity contribution in [3.8, 4) is 0 Å². The van der Waals surface area contributed by atoms with Gasteiger partial charge < -0.3 is 0 Å². The molecule has 0 aliphatic heterocycles. The Bertz CT molecular complexity index is 864. The SMILES string of the molecule is S=c1sc(S)c(SCc2ccccc2CSc2sc(=S)sc2S)s1. The number of rotatable bonds is 6. The van der Waals surface area contributed by atoms with E-state index in [1.165, 1.54) is 19.5 Å². The molecule has 24 heavy (non-hydrogen) atoms. The first-order valence-corrected chi connectivity index (χ1v) is 13.5. The quantitative estimate of drug-likeness (QED) is 0.198. The molecule has 0 N–H and O–H groups in total. The lowest BCUT2D eigenvalue weighted by Crippen LogP contribution is -1.89. The summed E-state index contributed by atoms with van der Waals surface area (Å²) in [5, 5.41) is 0. The van der Waals surface area contributed by atoms with E-state index in [0.29, 0.717) is 0 Å². The first kappa shape index (κ1) is 19.9. The van der Waals surface area contributed by atoms with Crippen LogP contribution in [0.15, 0.2) is 41.1 Å².